The summed E-state index contributed by atoms with van der Waals surface area (Å²) < 4.78 is 4.44. The zero-order valence-corrected chi connectivity index (χ0v) is 7.65. The third-order valence-corrected chi connectivity index (χ3v) is 1.35. The van der Waals surface area contributed by atoms with Crippen LogP contribution in [-0.4, -0.2) is 29.6 Å². The van der Waals surface area contributed by atoms with E-state index < -0.39 is 5.97 Å². The first-order chi connectivity index (χ1) is 6.77. The molecule has 1 heterocycles. The minimum absolute atomic E-state index is 0.0193. The van der Waals surface area contributed by atoms with Crippen LogP contribution in [0.1, 0.15) is 16.2 Å². The Bertz CT molecular complexity index is 375. The zero-order valence-electron chi connectivity index (χ0n) is 7.65. The lowest BCUT2D eigenvalue weighted by Gasteiger charge is -1.95. The number of ether oxygens (including phenoxy) is 1. The van der Waals surface area contributed by atoms with E-state index in [1.165, 1.54) is 19.5 Å². The van der Waals surface area contributed by atoms with E-state index in [9.17, 15) is 4.79 Å². The second-order valence-electron chi connectivity index (χ2n) is 2.29. The number of nitrogens with zero attached hydrogens (tertiary/aromatic N) is 2. The van der Waals surface area contributed by atoms with Gasteiger partial charge in [-0.1, -0.05) is 11.8 Å². The molecule has 0 saturated heterocycles. The monoisotopic (exact) mass is 191 g/mol. The number of aromatic nitrogens is 2. The maximum Gasteiger partial charge on any atom is 0.376 e. The van der Waals surface area contributed by atoms with E-state index in [1.54, 1.807) is 0 Å². The van der Waals surface area contributed by atoms with E-state index in [4.69, 9.17) is 5.73 Å². The first-order valence-corrected chi connectivity index (χ1v) is 3.87. The summed E-state index contributed by atoms with van der Waals surface area (Å²) in [6.45, 7) is 0.277. The molecule has 5 heteroatoms. The summed E-state index contributed by atoms with van der Waals surface area (Å²) in [5, 5.41) is 0. The van der Waals surface area contributed by atoms with Gasteiger partial charge in [-0.15, -0.1) is 0 Å². The second kappa shape index (κ2) is 4.94. The van der Waals surface area contributed by atoms with Gasteiger partial charge in [0, 0.05) is 12.4 Å². The Hall–Kier alpha value is -1.93. The summed E-state index contributed by atoms with van der Waals surface area (Å²) in [6.07, 6.45) is 2.89. The van der Waals surface area contributed by atoms with Crippen molar-refractivity contribution >= 4 is 5.97 Å². The molecule has 72 valence electrons. The molecular weight excluding hydrogens is 182 g/mol. The third-order valence-electron chi connectivity index (χ3n) is 1.35. The Morgan fingerprint density at radius 1 is 1.57 bits per heavy atom. The van der Waals surface area contributed by atoms with Gasteiger partial charge in [0.1, 0.15) is 0 Å². The SMILES string of the molecule is COC(=O)c1ncc(C#CCN)cn1. The molecule has 0 aliphatic rings. The summed E-state index contributed by atoms with van der Waals surface area (Å²) in [4.78, 5) is 18.5. The Balaban J connectivity index is 2.83. The minimum Gasteiger partial charge on any atom is -0.463 e. The maximum atomic E-state index is 10.9. The molecule has 2 N–H and O–H groups in total. The van der Waals surface area contributed by atoms with Gasteiger partial charge in [-0.05, 0) is 0 Å². The molecule has 0 spiro atoms. The van der Waals surface area contributed by atoms with Crippen LogP contribution in [0.2, 0.25) is 0 Å². The zero-order chi connectivity index (χ0) is 10.4. The van der Waals surface area contributed by atoms with E-state index in [1.807, 2.05) is 0 Å². The highest BCUT2D eigenvalue weighted by Gasteiger charge is 2.07. The summed E-state index contributed by atoms with van der Waals surface area (Å²) in [5.41, 5.74) is 5.80. The number of methoxy groups -OCH3 is 1. The molecule has 0 radical (unpaired) electrons. The summed E-state index contributed by atoms with van der Waals surface area (Å²) in [7, 11) is 1.27. The lowest BCUT2D eigenvalue weighted by atomic mass is 10.3. The van der Waals surface area contributed by atoms with Crippen molar-refractivity contribution < 1.29 is 9.53 Å². The third kappa shape index (κ3) is 2.54. The average molecular weight is 191 g/mol. The van der Waals surface area contributed by atoms with Crippen LogP contribution in [0.3, 0.4) is 0 Å². The topological polar surface area (TPSA) is 78.1 Å². The number of carbonyl (C=O) groups excluding carboxylic acids is 1. The van der Waals surface area contributed by atoms with Crippen LogP contribution in [0.15, 0.2) is 12.4 Å². The molecule has 5 nitrogen and oxygen atoms in total. The van der Waals surface area contributed by atoms with E-state index in [2.05, 4.69) is 26.5 Å². The van der Waals surface area contributed by atoms with Crippen LogP contribution in [-0.2, 0) is 4.74 Å². The van der Waals surface area contributed by atoms with Crippen molar-refractivity contribution in [3.63, 3.8) is 0 Å². The fourth-order valence-corrected chi connectivity index (χ4v) is 0.742. The number of hydrogen-bond acceptors (Lipinski definition) is 5. The molecule has 0 saturated carbocycles. The first kappa shape index (κ1) is 10.2. The van der Waals surface area contributed by atoms with Crippen molar-refractivity contribution in [1.29, 1.82) is 0 Å². The molecule has 1 aromatic heterocycles. The Morgan fingerprint density at radius 3 is 2.71 bits per heavy atom. The Labute approximate surface area is 81.3 Å². The smallest absolute Gasteiger partial charge is 0.376 e. The molecule has 0 amide bonds. The quantitative estimate of drug-likeness (QED) is 0.481. The molecule has 0 fully saturated rings. The van der Waals surface area contributed by atoms with Crippen LogP contribution in [0.25, 0.3) is 0 Å². The highest BCUT2D eigenvalue weighted by molar-refractivity contribution is 5.84. The van der Waals surface area contributed by atoms with E-state index in [-0.39, 0.29) is 12.4 Å². The van der Waals surface area contributed by atoms with Crippen molar-refractivity contribution in [2.45, 2.75) is 0 Å². The average Bonchev–Trinajstić information content (AvgIpc) is 2.26. The molecule has 0 aliphatic carbocycles. The Kier molecular flexibility index (Phi) is 3.58. The van der Waals surface area contributed by atoms with Crippen LogP contribution in [0.4, 0.5) is 0 Å². The van der Waals surface area contributed by atoms with Crippen molar-refractivity contribution in [1.82, 2.24) is 9.97 Å². The van der Waals surface area contributed by atoms with Gasteiger partial charge in [-0.25, -0.2) is 14.8 Å². The molecule has 0 aliphatic heterocycles. The highest BCUT2D eigenvalue weighted by Crippen LogP contribution is 1.95. The number of esters is 1. The molecular formula is C9H9N3O2. The van der Waals surface area contributed by atoms with Gasteiger partial charge in [-0.3, -0.25) is 0 Å². The van der Waals surface area contributed by atoms with Gasteiger partial charge in [-0.2, -0.15) is 0 Å². The van der Waals surface area contributed by atoms with Crippen molar-refractivity contribution in [2.75, 3.05) is 13.7 Å². The van der Waals surface area contributed by atoms with Crippen molar-refractivity contribution in [3.8, 4) is 11.8 Å². The van der Waals surface area contributed by atoms with Gasteiger partial charge in [0.05, 0.1) is 19.2 Å². The van der Waals surface area contributed by atoms with Gasteiger partial charge in [0.15, 0.2) is 0 Å². The maximum absolute atomic E-state index is 10.9. The summed E-state index contributed by atoms with van der Waals surface area (Å²) >= 11 is 0. The van der Waals surface area contributed by atoms with E-state index in [0.29, 0.717) is 5.56 Å². The van der Waals surface area contributed by atoms with Crippen molar-refractivity contribution in [3.05, 3.63) is 23.8 Å². The molecule has 1 rings (SSSR count). The number of nitrogens with two attached hydrogens (primary N) is 1. The molecule has 0 bridgehead atoms. The van der Waals surface area contributed by atoms with E-state index >= 15 is 0 Å². The summed E-state index contributed by atoms with van der Waals surface area (Å²) in [5.74, 6) is 4.84. The molecule has 1 aromatic rings. The van der Waals surface area contributed by atoms with Crippen LogP contribution >= 0.6 is 0 Å². The highest BCUT2D eigenvalue weighted by atomic mass is 16.5. The van der Waals surface area contributed by atoms with Gasteiger partial charge in [0.2, 0.25) is 5.82 Å². The standard InChI is InChI=1S/C9H9N3O2/c1-14-9(13)8-11-5-7(6-12-8)3-2-4-10/h5-6H,4,10H2,1H3. The molecule has 14 heavy (non-hydrogen) atoms. The number of hydrogen-bond donors (Lipinski definition) is 1. The number of carbonyl (C=O) groups is 1. The predicted molar refractivity (Wildman–Crippen MR) is 49.3 cm³/mol. The van der Waals surface area contributed by atoms with Gasteiger partial charge in [0.25, 0.3) is 0 Å². The normalized spacial score (nSPS) is 8.71. The fraction of sp³-hybridized carbons (Fsp3) is 0.222. The molecule has 0 unspecified atom stereocenters. The van der Waals surface area contributed by atoms with Gasteiger partial charge < -0.3 is 10.5 Å². The largest absolute Gasteiger partial charge is 0.463 e. The number of rotatable bonds is 1. The van der Waals surface area contributed by atoms with Crippen LogP contribution in [0, 0.1) is 11.8 Å². The fourth-order valence-electron chi connectivity index (χ4n) is 0.742. The Morgan fingerprint density at radius 2 is 2.21 bits per heavy atom. The molecule has 0 atom stereocenters. The minimum atomic E-state index is -0.566. The lowest BCUT2D eigenvalue weighted by molar-refractivity contribution is 0.0586. The van der Waals surface area contributed by atoms with Gasteiger partial charge >= 0.3 is 5.97 Å². The predicted octanol–water partition coefficient (Wildman–Crippen LogP) is -0.427. The molecule has 0 aromatic carbocycles. The van der Waals surface area contributed by atoms with E-state index in [0.717, 1.165) is 0 Å². The van der Waals surface area contributed by atoms with Crippen LogP contribution in [0.5, 0.6) is 0 Å². The summed E-state index contributed by atoms with van der Waals surface area (Å²) in [6, 6.07) is 0. The van der Waals surface area contributed by atoms with Crippen molar-refractivity contribution in [2.24, 2.45) is 5.73 Å². The lowest BCUT2D eigenvalue weighted by Crippen LogP contribution is -2.06. The first-order valence-electron chi connectivity index (χ1n) is 3.87. The second-order valence-corrected chi connectivity index (χ2v) is 2.29. The van der Waals surface area contributed by atoms with Crippen LogP contribution < -0.4 is 5.73 Å².